The average Bonchev–Trinajstić information content (AvgIpc) is 2.43. The summed E-state index contributed by atoms with van der Waals surface area (Å²) in [5, 5.41) is 3.39. The Balaban J connectivity index is 2.26. The van der Waals surface area contributed by atoms with Crippen molar-refractivity contribution >= 4 is 5.82 Å². The molecule has 19 heavy (non-hydrogen) atoms. The normalized spacial score (nSPS) is 14.4. The van der Waals surface area contributed by atoms with Gasteiger partial charge in [-0.15, -0.1) is 0 Å². The summed E-state index contributed by atoms with van der Waals surface area (Å²) in [6.07, 6.45) is 2.10. The Morgan fingerprint density at radius 1 is 1.37 bits per heavy atom. The molecule has 0 aromatic carbocycles. The highest BCUT2D eigenvalue weighted by Gasteiger charge is 2.20. The quantitative estimate of drug-likeness (QED) is 0.875. The third kappa shape index (κ3) is 3.35. The average molecular weight is 264 g/mol. The summed E-state index contributed by atoms with van der Waals surface area (Å²) in [6, 6.07) is 0.479. The molecule has 0 bridgehead atoms. The van der Waals surface area contributed by atoms with Crippen molar-refractivity contribution in [3.8, 4) is 6.01 Å². The van der Waals surface area contributed by atoms with Crippen LogP contribution in [0.3, 0.4) is 0 Å². The lowest BCUT2D eigenvalue weighted by Gasteiger charge is -2.26. The van der Waals surface area contributed by atoms with E-state index in [-0.39, 0.29) is 0 Å². The van der Waals surface area contributed by atoms with Gasteiger partial charge in [-0.1, -0.05) is 13.8 Å². The molecule has 0 fully saturated rings. The lowest BCUT2D eigenvalue weighted by atomic mass is 10.1. The Morgan fingerprint density at radius 2 is 2.16 bits per heavy atom. The summed E-state index contributed by atoms with van der Waals surface area (Å²) in [4.78, 5) is 11.2. The van der Waals surface area contributed by atoms with E-state index in [9.17, 15) is 0 Å². The standard InChI is InChI=1S/C14H24N4O/c1-10(2)6-8-18(3)13-11-9-15-7-5-12(11)16-14(17-13)19-4/h10,15H,5-9H2,1-4H3. The number of nitrogens with zero attached hydrogens (tertiary/aromatic N) is 3. The minimum absolute atomic E-state index is 0.479. The molecule has 1 N–H and O–H groups in total. The van der Waals surface area contributed by atoms with Gasteiger partial charge in [0.1, 0.15) is 5.82 Å². The van der Waals surface area contributed by atoms with Crippen LogP contribution < -0.4 is 15.0 Å². The molecule has 5 heteroatoms. The second-order valence-electron chi connectivity index (χ2n) is 5.49. The van der Waals surface area contributed by atoms with Gasteiger partial charge in [0.15, 0.2) is 0 Å². The molecule has 106 valence electrons. The van der Waals surface area contributed by atoms with Crippen molar-refractivity contribution in [2.75, 3.05) is 32.1 Å². The first-order chi connectivity index (χ1) is 9.11. The number of aromatic nitrogens is 2. The van der Waals surface area contributed by atoms with Crippen molar-refractivity contribution in [3.05, 3.63) is 11.3 Å². The van der Waals surface area contributed by atoms with Gasteiger partial charge < -0.3 is 15.0 Å². The highest BCUT2D eigenvalue weighted by Crippen LogP contribution is 2.25. The van der Waals surface area contributed by atoms with E-state index in [1.165, 1.54) is 5.56 Å². The zero-order valence-electron chi connectivity index (χ0n) is 12.4. The van der Waals surface area contributed by atoms with Crippen molar-refractivity contribution in [2.24, 2.45) is 5.92 Å². The van der Waals surface area contributed by atoms with E-state index in [1.807, 2.05) is 0 Å². The van der Waals surface area contributed by atoms with Gasteiger partial charge in [-0.05, 0) is 12.3 Å². The number of anilines is 1. The lowest BCUT2D eigenvalue weighted by Crippen LogP contribution is -2.30. The van der Waals surface area contributed by atoms with Crippen LogP contribution in [0.1, 0.15) is 31.5 Å². The molecule has 1 aromatic heterocycles. The third-order valence-electron chi connectivity index (χ3n) is 3.48. The predicted octanol–water partition coefficient (Wildman–Crippen LogP) is 1.61. The maximum Gasteiger partial charge on any atom is 0.318 e. The Kier molecular flexibility index (Phi) is 4.58. The molecule has 0 saturated carbocycles. The number of nitrogens with one attached hydrogen (secondary N) is 1. The Hall–Kier alpha value is -1.36. The summed E-state index contributed by atoms with van der Waals surface area (Å²) < 4.78 is 5.23. The van der Waals surface area contributed by atoms with Crippen LogP contribution in [0.5, 0.6) is 6.01 Å². The fourth-order valence-corrected chi connectivity index (χ4v) is 2.27. The number of fused-ring (bicyclic) bond motifs is 1. The van der Waals surface area contributed by atoms with E-state index in [0.29, 0.717) is 11.9 Å². The molecule has 1 aliphatic heterocycles. The third-order valence-corrected chi connectivity index (χ3v) is 3.48. The summed E-state index contributed by atoms with van der Waals surface area (Å²) in [5.74, 6) is 1.70. The minimum atomic E-state index is 0.479. The van der Waals surface area contributed by atoms with Crippen LogP contribution in [0.15, 0.2) is 0 Å². The van der Waals surface area contributed by atoms with E-state index >= 15 is 0 Å². The van der Waals surface area contributed by atoms with Gasteiger partial charge in [-0.25, -0.2) is 0 Å². The van der Waals surface area contributed by atoms with Crippen LogP contribution in [0.2, 0.25) is 0 Å². The summed E-state index contributed by atoms with van der Waals surface area (Å²) in [6.45, 7) is 7.31. The molecule has 1 aliphatic rings. The monoisotopic (exact) mass is 264 g/mol. The Labute approximate surface area is 115 Å². The smallest absolute Gasteiger partial charge is 0.318 e. The zero-order chi connectivity index (χ0) is 13.8. The molecular formula is C14H24N4O. The first-order valence-electron chi connectivity index (χ1n) is 6.97. The molecule has 2 heterocycles. The molecule has 0 unspecified atom stereocenters. The maximum atomic E-state index is 5.23. The summed E-state index contributed by atoms with van der Waals surface area (Å²) in [5.41, 5.74) is 2.34. The van der Waals surface area contributed by atoms with Crippen molar-refractivity contribution in [2.45, 2.75) is 33.2 Å². The van der Waals surface area contributed by atoms with Crippen LogP contribution in [-0.2, 0) is 13.0 Å². The van der Waals surface area contributed by atoms with E-state index in [2.05, 4.69) is 41.1 Å². The topological polar surface area (TPSA) is 50.3 Å². The molecule has 2 rings (SSSR count). The number of rotatable bonds is 5. The molecule has 0 saturated heterocycles. The summed E-state index contributed by atoms with van der Waals surface area (Å²) >= 11 is 0. The molecular weight excluding hydrogens is 240 g/mol. The fraction of sp³-hybridized carbons (Fsp3) is 0.714. The lowest BCUT2D eigenvalue weighted by molar-refractivity contribution is 0.376. The Morgan fingerprint density at radius 3 is 2.84 bits per heavy atom. The molecule has 0 amide bonds. The predicted molar refractivity (Wildman–Crippen MR) is 76.7 cm³/mol. The van der Waals surface area contributed by atoms with Gasteiger partial charge in [0.05, 0.1) is 12.8 Å². The fourth-order valence-electron chi connectivity index (χ4n) is 2.27. The van der Waals surface area contributed by atoms with Gasteiger partial charge in [-0.3, -0.25) is 0 Å². The van der Waals surface area contributed by atoms with Crippen LogP contribution >= 0.6 is 0 Å². The van der Waals surface area contributed by atoms with Crippen LogP contribution in [0.4, 0.5) is 5.82 Å². The van der Waals surface area contributed by atoms with Crippen LogP contribution in [0, 0.1) is 5.92 Å². The molecule has 0 atom stereocenters. The van der Waals surface area contributed by atoms with Crippen LogP contribution in [-0.4, -0.2) is 37.2 Å². The van der Waals surface area contributed by atoms with Crippen molar-refractivity contribution in [3.63, 3.8) is 0 Å². The van der Waals surface area contributed by atoms with Crippen molar-refractivity contribution < 1.29 is 4.74 Å². The van der Waals surface area contributed by atoms with Crippen molar-refractivity contribution in [1.29, 1.82) is 0 Å². The molecule has 0 radical (unpaired) electrons. The number of ether oxygens (including phenoxy) is 1. The first kappa shape index (κ1) is 14.1. The molecule has 0 aliphatic carbocycles. The van der Waals surface area contributed by atoms with E-state index in [4.69, 9.17) is 4.74 Å². The SMILES string of the molecule is COc1nc2c(c(N(C)CCC(C)C)n1)CNCC2. The second-order valence-corrected chi connectivity index (χ2v) is 5.49. The highest BCUT2D eigenvalue weighted by molar-refractivity contribution is 5.50. The largest absolute Gasteiger partial charge is 0.467 e. The van der Waals surface area contributed by atoms with E-state index in [0.717, 1.165) is 44.0 Å². The minimum Gasteiger partial charge on any atom is -0.467 e. The Bertz CT molecular complexity index is 434. The van der Waals surface area contributed by atoms with Gasteiger partial charge in [0, 0.05) is 38.7 Å². The van der Waals surface area contributed by atoms with Gasteiger partial charge in [-0.2, -0.15) is 9.97 Å². The zero-order valence-corrected chi connectivity index (χ0v) is 12.4. The maximum absolute atomic E-state index is 5.23. The molecule has 5 nitrogen and oxygen atoms in total. The second kappa shape index (κ2) is 6.19. The summed E-state index contributed by atoms with van der Waals surface area (Å²) in [7, 11) is 3.72. The van der Waals surface area contributed by atoms with E-state index < -0.39 is 0 Å². The van der Waals surface area contributed by atoms with Gasteiger partial charge >= 0.3 is 6.01 Å². The van der Waals surface area contributed by atoms with Gasteiger partial charge in [0.2, 0.25) is 0 Å². The number of methoxy groups -OCH3 is 1. The van der Waals surface area contributed by atoms with Crippen molar-refractivity contribution in [1.82, 2.24) is 15.3 Å². The molecule has 1 aromatic rings. The number of hydrogen-bond acceptors (Lipinski definition) is 5. The highest BCUT2D eigenvalue weighted by atomic mass is 16.5. The number of hydrogen-bond donors (Lipinski definition) is 1. The van der Waals surface area contributed by atoms with Gasteiger partial charge in [0.25, 0.3) is 0 Å². The molecule has 0 spiro atoms. The van der Waals surface area contributed by atoms with E-state index in [1.54, 1.807) is 7.11 Å². The first-order valence-corrected chi connectivity index (χ1v) is 6.97. The van der Waals surface area contributed by atoms with Crippen LogP contribution in [0.25, 0.3) is 0 Å².